The fraction of sp³-hybridized carbons (Fsp3) is 0.300. The van der Waals surface area contributed by atoms with Crippen LogP contribution in [0.3, 0.4) is 0 Å². The summed E-state index contributed by atoms with van der Waals surface area (Å²) < 4.78 is 1.77. The molecular formula is C30H33N9O. The van der Waals surface area contributed by atoms with Gasteiger partial charge in [-0.05, 0) is 61.1 Å². The SMILES string of the molecule is CCCC(/C=N/c1ccc(C#N)cn1)CCCN(C(=O)NCc1ncccn1)c1ccc(-c2cnn(C)c2)cc1. The third kappa shape index (κ3) is 8.04. The molecule has 0 bridgehead atoms. The summed E-state index contributed by atoms with van der Waals surface area (Å²) in [6, 6.07) is 15.0. The number of aromatic nitrogens is 5. The van der Waals surface area contributed by atoms with E-state index >= 15 is 0 Å². The zero-order valence-electron chi connectivity index (χ0n) is 22.8. The normalized spacial score (nSPS) is 11.7. The van der Waals surface area contributed by atoms with Gasteiger partial charge in [0.15, 0.2) is 5.82 Å². The Morgan fingerprint density at radius 1 is 1.10 bits per heavy atom. The van der Waals surface area contributed by atoms with Crippen LogP contribution in [0, 0.1) is 17.2 Å². The van der Waals surface area contributed by atoms with E-state index < -0.39 is 0 Å². The molecule has 10 nitrogen and oxygen atoms in total. The van der Waals surface area contributed by atoms with Gasteiger partial charge in [-0.3, -0.25) is 9.58 Å². The Bertz CT molecular complexity index is 1420. The number of nitrogens with zero attached hydrogens (tertiary/aromatic N) is 8. The number of hydrogen-bond donors (Lipinski definition) is 1. The van der Waals surface area contributed by atoms with Gasteiger partial charge in [-0.25, -0.2) is 24.7 Å². The fourth-order valence-corrected chi connectivity index (χ4v) is 4.31. The second kappa shape index (κ2) is 14.3. The maximum atomic E-state index is 13.3. The van der Waals surface area contributed by atoms with Crippen molar-refractivity contribution in [1.29, 1.82) is 5.26 Å². The molecule has 0 aliphatic heterocycles. The zero-order valence-corrected chi connectivity index (χ0v) is 22.8. The molecule has 0 fully saturated rings. The van der Waals surface area contributed by atoms with Gasteiger partial charge >= 0.3 is 6.03 Å². The van der Waals surface area contributed by atoms with Crippen LogP contribution in [0.15, 0.2) is 78.4 Å². The molecule has 4 rings (SSSR count). The number of aliphatic imine (C=N–C) groups is 1. The second-order valence-electron chi connectivity index (χ2n) is 9.41. The highest BCUT2D eigenvalue weighted by Gasteiger charge is 2.17. The van der Waals surface area contributed by atoms with E-state index in [2.05, 4.69) is 43.4 Å². The standard InChI is InChI=1S/C30H33N9O/c1-3-6-23(18-34-28-13-8-24(17-31)19-35-28)7-4-16-39(30(40)36-21-29-32-14-5-15-33-29)27-11-9-25(10-12-27)26-20-37-38(2)22-26/h5,8-15,18-20,22-23H,3-4,6-7,16,21H2,1-2H3,(H,36,40)/b34-18+. The first-order valence-corrected chi connectivity index (χ1v) is 13.4. The molecule has 1 atom stereocenters. The van der Waals surface area contributed by atoms with Crippen LogP contribution in [-0.4, -0.2) is 43.5 Å². The number of rotatable bonds is 12. The Balaban J connectivity index is 1.44. The Hall–Kier alpha value is -4.91. The molecule has 0 spiro atoms. The molecule has 3 heterocycles. The van der Waals surface area contributed by atoms with Gasteiger partial charge in [0, 0.05) is 55.8 Å². The minimum Gasteiger partial charge on any atom is -0.330 e. The maximum absolute atomic E-state index is 13.3. The fourth-order valence-electron chi connectivity index (χ4n) is 4.31. The van der Waals surface area contributed by atoms with E-state index in [1.165, 1.54) is 6.20 Å². The van der Waals surface area contributed by atoms with E-state index in [0.29, 0.717) is 23.8 Å². The van der Waals surface area contributed by atoms with Crippen molar-refractivity contribution < 1.29 is 4.79 Å². The monoisotopic (exact) mass is 535 g/mol. The molecule has 40 heavy (non-hydrogen) atoms. The summed E-state index contributed by atoms with van der Waals surface area (Å²) in [5.41, 5.74) is 3.37. The summed E-state index contributed by atoms with van der Waals surface area (Å²) in [5, 5.41) is 16.2. The highest BCUT2D eigenvalue weighted by molar-refractivity contribution is 5.92. The summed E-state index contributed by atoms with van der Waals surface area (Å²) in [6.45, 7) is 2.93. The van der Waals surface area contributed by atoms with Crippen molar-refractivity contribution in [2.75, 3.05) is 11.4 Å². The molecule has 0 aliphatic carbocycles. The lowest BCUT2D eigenvalue weighted by atomic mass is 9.99. The molecule has 4 aromatic rings. The number of pyridine rings is 1. The van der Waals surface area contributed by atoms with E-state index in [9.17, 15) is 4.79 Å². The third-order valence-corrected chi connectivity index (χ3v) is 6.39. The van der Waals surface area contributed by atoms with E-state index in [1.807, 2.05) is 49.9 Å². The average Bonchev–Trinajstić information content (AvgIpc) is 3.44. The lowest BCUT2D eigenvalue weighted by Crippen LogP contribution is -2.40. The Kier molecular flexibility index (Phi) is 10.0. The first-order valence-electron chi connectivity index (χ1n) is 13.4. The van der Waals surface area contributed by atoms with Crippen LogP contribution >= 0.6 is 0 Å². The van der Waals surface area contributed by atoms with Crippen LogP contribution in [0.2, 0.25) is 0 Å². The molecule has 1 unspecified atom stereocenters. The number of urea groups is 1. The highest BCUT2D eigenvalue weighted by Crippen LogP contribution is 2.24. The summed E-state index contributed by atoms with van der Waals surface area (Å²) in [4.78, 5) is 32.3. The maximum Gasteiger partial charge on any atom is 0.322 e. The summed E-state index contributed by atoms with van der Waals surface area (Å²) in [6.07, 6.45) is 14.2. The van der Waals surface area contributed by atoms with Crippen molar-refractivity contribution in [3.05, 3.63) is 84.8 Å². The molecule has 0 aliphatic rings. The lowest BCUT2D eigenvalue weighted by Gasteiger charge is -2.24. The molecule has 10 heteroatoms. The molecule has 204 valence electrons. The minimum atomic E-state index is -0.205. The quantitative estimate of drug-likeness (QED) is 0.240. The zero-order chi connectivity index (χ0) is 28.2. The van der Waals surface area contributed by atoms with Crippen LogP contribution in [0.4, 0.5) is 16.3 Å². The van der Waals surface area contributed by atoms with E-state index in [1.54, 1.807) is 40.2 Å². The van der Waals surface area contributed by atoms with Gasteiger partial charge in [0.1, 0.15) is 11.9 Å². The van der Waals surface area contributed by atoms with Crippen molar-refractivity contribution in [1.82, 2.24) is 30.0 Å². The predicted molar refractivity (Wildman–Crippen MR) is 155 cm³/mol. The van der Waals surface area contributed by atoms with E-state index in [-0.39, 0.29) is 18.5 Å². The van der Waals surface area contributed by atoms with Crippen molar-refractivity contribution in [2.24, 2.45) is 18.0 Å². The predicted octanol–water partition coefficient (Wildman–Crippen LogP) is 5.46. The molecular weight excluding hydrogens is 502 g/mol. The van der Waals surface area contributed by atoms with Gasteiger partial charge in [-0.1, -0.05) is 25.5 Å². The average molecular weight is 536 g/mol. The molecule has 2 amide bonds. The van der Waals surface area contributed by atoms with Crippen molar-refractivity contribution in [3.63, 3.8) is 0 Å². The Morgan fingerprint density at radius 3 is 2.55 bits per heavy atom. The number of carbonyl (C=O) groups is 1. The number of nitriles is 1. The topological polar surface area (TPSA) is 125 Å². The van der Waals surface area contributed by atoms with Gasteiger partial charge < -0.3 is 5.32 Å². The molecule has 1 N–H and O–H groups in total. The summed E-state index contributed by atoms with van der Waals surface area (Å²) in [7, 11) is 1.89. The van der Waals surface area contributed by atoms with Gasteiger partial charge in [0.25, 0.3) is 0 Å². The number of amides is 2. The van der Waals surface area contributed by atoms with Crippen molar-refractivity contribution in [3.8, 4) is 17.2 Å². The van der Waals surface area contributed by atoms with Crippen LogP contribution < -0.4 is 10.2 Å². The highest BCUT2D eigenvalue weighted by atomic mass is 16.2. The number of benzene rings is 1. The van der Waals surface area contributed by atoms with E-state index in [4.69, 9.17) is 5.26 Å². The minimum absolute atomic E-state index is 0.205. The number of nitrogens with one attached hydrogen (secondary N) is 1. The Labute approximate surface area is 234 Å². The molecule has 1 aromatic carbocycles. The summed E-state index contributed by atoms with van der Waals surface area (Å²) in [5.74, 6) is 1.38. The Morgan fingerprint density at radius 2 is 1.90 bits per heavy atom. The van der Waals surface area contributed by atoms with Crippen molar-refractivity contribution >= 4 is 23.8 Å². The first-order chi connectivity index (χ1) is 19.6. The van der Waals surface area contributed by atoms with Gasteiger partial charge in [0.05, 0.1) is 18.3 Å². The second-order valence-corrected chi connectivity index (χ2v) is 9.41. The lowest BCUT2D eigenvalue weighted by molar-refractivity contribution is 0.245. The molecule has 3 aromatic heterocycles. The van der Waals surface area contributed by atoms with Crippen LogP contribution in [0.25, 0.3) is 11.1 Å². The first kappa shape index (κ1) is 28.1. The van der Waals surface area contributed by atoms with Crippen LogP contribution in [0.1, 0.15) is 44.0 Å². The number of hydrogen-bond acceptors (Lipinski definition) is 7. The molecule has 0 radical (unpaired) electrons. The van der Waals surface area contributed by atoms with Crippen LogP contribution in [-0.2, 0) is 13.6 Å². The summed E-state index contributed by atoms with van der Waals surface area (Å²) >= 11 is 0. The molecule has 0 saturated carbocycles. The number of aryl methyl sites for hydroxylation is 1. The largest absolute Gasteiger partial charge is 0.330 e. The van der Waals surface area contributed by atoms with E-state index in [0.717, 1.165) is 42.5 Å². The number of anilines is 1. The molecule has 0 saturated heterocycles. The van der Waals surface area contributed by atoms with Gasteiger partial charge in [0.2, 0.25) is 0 Å². The smallest absolute Gasteiger partial charge is 0.322 e. The number of carbonyl (C=O) groups excluding carboxylic acids is 1. The van der Waals surface area contributed by atoms with Gasteiger partial charge in [-0.2, -0.15) is 10.4 Å². The van der Waals surface area contributed by atoms with Crippen LogP contribution in [0.5, 0.6) is 0 Å². The van der Waals surface area contributed by atoms with Crippen molar-refractivity contribution in [2.45, 2.75) is 39.2 Å². The van der Waals surface area contributed by atoms with Gasteiger partial charge in [-0.15, -0.1) is 0 Å². The third-order valence-electron chi connectivity index (χ3n) is 6.39.